The van der Waals surface area contributed by atoms with Crippen LogP contribution >= 0.6 is 15.9 Å². The molecular formula is C13H7BrFNO5. The molecule has 108 valence electrons. The zero-order chi connectivity index (χ0) is 15.6. The Labute approximate surface area is 126 Å². The SMILES string of the molecule is O=C(O)c1ccc(Oc2ccccc2[N+](=O)[O-])c(F)c1Br. The monoisotopic (exact) mass is 355 g/mol. The van der Waals surface area contributed by atoms with Crippen molar-refractivity contribution in [2.45, 2.75) is 0 Å². The van der Waals surface area contributed by atoms with Crippen molar-refractivity contribution in [3.05, 3.63) is 62.4 Å². The summed E-state index contributed by atoms with van der Waals surface area (Å²) in [7, 11) is 0. The highest BCUT2D eigenvalue weighted by Gasteiger charge is 2.20. The van der Waals surface area contributed by atoms with E-state index in [2.05, 4.69) is 15.9 Å². The van der Waals surface area contributed by atoms with Crippen molar-refractivity contribution in [3.63, 3.8) is 0 Å². The summed E-state index contributed by atoms with van der Waals surface area (Å²) in [5.74, 6) is -2.72. The van der Waals surface area contributed by atoms with Crippen LogP contribution in [-0.2, 0) is 0 Å². The predicted octanol–water partition coefficient (Wildman–Crippen LogP) is 3.99. The Morgan fingerprint density at radius 1 is 1.24 bits per heavy atom. The molecule has 0 saturated carbocycles. The van der Waals surface area contributed by atoms with E-state index in [1.54, 1.807) is 0 Å². The molecule has 0 atom stereocenters. The number of halogens is 2. The molecule has 0 aliphatic carbocycles. The van der Waals surface area contributed by atoms with Crippen LogP contribution in [0.2, 0.25) is 0 Å². The van der Waals surface area contributed by atoms with Gasteiger partial charge in [-0.2, -0.15) is 0 Å². The van der Waals surface area contributed by atoms with Crippen molar-refractivity contribution in [2.75, 3.05) is 0 Å². The Bertz CT molecular complexity index is 734. The van der Waals surface area contributed by atoms with Gasteiger partial charge in [0.15, 0.2) is 11.6 Å². The summed E-state index contributed by atoms with van der Waals surface area (Å²) >= 11 is 2.82. The fourth-order valence-electron chi connectivity index (χ4n) is 1.59. The van der Waals surface area contributed by atoms with Gasteiger partial charge in [-0.1, -0.05) is 12.1 Å². The van der Waals surface area contributed by atoms with Gasteiger partial charge in [-0.25, -0.2) is 9.18 Å². The Morgan fingerprint density at radius 2 is 1.90 bits per heavy atom. The first-order valence-corrected chi connectivity index (χ1v) is 6.33. The van der Waals surface area contributed by atoms with Crippen molar-refractivity contribution in [2.24, 2.45) is 0 Å². The van der Waals surface area contributed by atoms with E-state index in [1.165, 1.54) is 24.3 Å². The van der Waals surface area contributed by atoms with Crippen molar-refractivity contribution in [1.82, 2.24) is 0 Å². The number of hydrogen-bond acceptors (Lipinski definition) is 4. The van der Waals surface area contributed by atoms with Gasteiger partial charge in [-0.15, -0.1) is 0 Å². The first kappa shape index (κ1) is 14.9. The fourth-order valence-corrected chi connectivity index (χ4v) is 2.09. The average molecular weight is 356 g/mol. The highest BCUT2D eigenvalue weighted by molar-refractivity contribution is 9.10. The number of nitro groups is 1. The number of ether oxygens (including phenoxy) is 1. The Balaban J connectivity index is 2.44. The normalized spacial score (nSPS) is 10.2. The number of carboxylic acids is 1. The minimum absolute atomic E-state index is 0.142. The van der Waals surface area contributed by atoms with E-state index in [9.17, 15) is 19.3 Å². The smallest absolute Gasteiger partial charge is 0.336 e. The van der Waals surface area contributed by atoms with Crippen LogP contribution < -0.4 is 4.74 Å². The highest BCUT2D eigenvalue weighted by Crippen LogP contribution is 2.35. The zero-order valence-electron chi connectivity index (χ0n) is 10.2. The average Bonchev–Trinajstić information content (AvgIpc) is 2.44. The molecule has 0 aliphatic rings. The molecule has 0 radical (unpaired) electrons. The molecule has 2 aromatic carbocycles. The van der Waals surface area contributed by atoms with E-state index < -0.39 is 16.7 Å². The van der Waals surface area contributed by atoms with Crippen molar-refractivity contribution >= 4 is 27.6 Å². The Kier molecular flexibility index (Phi) is 4.18. The predicted molar refractivity (Wildman–Crippen MR) is 74.2 cm³/mol. The molecule has 0 spiro atoms. The van der Waals surface area contributed by atoms with Crippen LogP contribution in [-0.4, -0.2) is 16.0 Å². The molecule has 2 rings (SSSR count). The molecule has 8 heteroatoms. The minimum atomic E-state index is -1.31. The molecular weight excluding hydrogens is 349 g/mol. The van der Waals surface area contributed by atoms with Gasteiger partial charge in [0, 0.05) is 6.07 Å². The van der Waals surface area contributed by atoms with Crippen LogP contribution in [0, 0.1) is 15.9 Å². The van der Waals surface area contributed by atoms with Gasteiger partial charge in [-0.05, 0) is 34.1 Å². The summed E-state index contributed by atoms with van der Waals surface area (Å²) in [6.07, 6.45) is 0. The Hall–Kier alpha value is -2.48. The van der Waals surface area contributed by atoms with Gasteiger partial charge in [0.25, 0.3) is 0 Å². The molecule has 0 aliphatic heterocycles. The fraction of sp³-hybridized carbons (Fsp3) is 0. The van der Waals surface area contributed by atoms with Crippen LogP contribution in [0.1, 0.15) is 10.4 Å². The van der Waals surface area contributed by atoms with Crippen LogP contribution in [0.15, 0.2) is 40.9 Å². The summed E-state index contributed by atoms with van der Waals surface area (Å²) in [6.45, 7) is 0. The number of nitro benzene ring substituents is 1. The lowest BCUT2D eigenvalue weighted by atomic mass is 10.2. The first-order chi connectivity index (χ1) is 9.91. The second kappa shape index (κ2) is 5.88. The second-order valence-corrected chi connectivity index (χ2v) is 4.66. The third kappa shape index (κ3) is 3.00. The minimum Gasteiger partial charge on any atom is -0.478 e. The molecule has 0 aromatic heterocycles. The lowest BCUT2D eigenvalue weighted by molar-refractivity contribution is -0.385. The molecule has 1 N–H and O–H groups in total. The number of carboxylic acid groups (broad SMARTS) is 1. The van der Waals surface area contributed by atoms with E-state index in [0.29, 0.717) is 0 Å². The van der Waals surface area contributed by atoms with Gasteiger partial charge < -0.3 is 9.84 Å². The van der Waals surface area contributed by atoms with Crippen LogP contribution in [0.3, 0.4) is 0 Å². The maximum Gasteiger partial charge on any atom is 0.336 e. The number of para-hydroxylation sites is 2. The third-order valence-corrected chi connectivity index (χ3v) is 3.33. The molecule has 0 heterocycles. The topological polar surface area (TPSA) is 89.7 Å². The van der Waals surface area contributed by atoms with Gasteiger partial charge in [-0.3, -0.25) is 10.1 Å². The standard InChI is InChI=1S/C13H7BrFNO5/c14-11-7(13(17)18)5-6-10(12(11)15)21-9-4-2-1-3-8(9)16(19)20/h1-6H,(H,17,18). The first-order valence-electron chi connectivity index (χ1n) is 5.54. The number of nitrogens with zero attached hydrogens (tertiary/aromatic N) is 1. The molecule has 0 bridgehead atoms. The molecule has 0 amide bonds. The van der Waals surface area contributed by atoms with Crippen molar-refractivity contribution in [1.29, 1.82) is 0 Å². The van der Waals surface area contributed by atoms with E-state index in [1.807, 2.05) is 0 Å². The lowest BCUT2D eigenvalue weighted by Gasteiger charge is -2.09. The third-order valence-electron chi connectivity index (χ3n) is 2.56. The maximum absolute atomic E-state index is 14.0. The van der Waals surface area contributed by atoms with E-state index in [4.69, 9.17) is 9.84 Å². The highest BCUT2D eigenvalue weighted by atomic mass is 79.9. The van der Waals surface area contributed by atoms with Crippen LogP contribution in [0.25, 0.3) is 0 Å². The number of hydrogen-bond donors (Lipinski definition) is 1. The largest absolute Gasteiger partial charge is 0.478 e. The number of carbonyl (C=O) groups is 1. The summed E-state index contributed by atoms with van der Waals surface area (Å²) in [4.78, 5) is 21.1. The van der Waals surface area contributed by atoms with E-state index in [-0.39, 0.29) is 27.2 Å². The quantitative estimate of drug-likeness (QED) is 0.661. The van der Waals surface area contributed by atoms with Gasteiger partial charge in [0.1, 0.15) is 0 Å². The van der Waals surface area contributed by atoms with Crippen molar-refractivity contribution in [3.8, 4) is 11.5 Å². The van der Waals surface area contributed by atoms with E-state index >= 15 is 0 Å². The van der Waals surface area contributed by atoms with Gasteiger partial charge in [0.05, 0.1) is 15.0 Å². The molecule has 6 nitrogen and oxygen atoms in total. The number of rotatable bonds is 4. The van der Waals surface area contributed by atoms with E-state index in [0.717, 1.165) is 12.1 Å². The summed E-state index contributed by atoms with van der Waals surface area (Å²) < 4.78 is 18.9. The molecule has 0 unspecified atom stereocenters. The molecule has 2 aromatic rings. The van der Waals surface area contributed by atoms with Gasteiger partial charge in [0.2, 0.25) is 5.75 Å². The molecule has 0 fully saturated rings. The Morgan fingerprint density at radius 3 is 2.52 bits per heavy atom. The second-order valence-electron chi connectivity index (χ2n) is 3.87. The van der Waals surface area contributed by atoms with Crippen LogP contribution in [0.4, 0.5) is 10.1 Å². The summed E-state index contributed by atoms with van der Waals surface area (Å²) in [5, 5.41) is 19.7. The number of benzene rings is 2. The molecule has 21 heavy (non-hydrogen) atoms. The zero-order valence-corrected chi connectivity index (χ0v) is 11.8. The van der Waals surface area contributed by atoms with Gasteiger partial charge >= 0.3 is 11.7 Å². The van der Waals surface area contributed by atoms with Crippen LogP contribution in [0.5, 0.6) is 11.5 Å². The van der Waals surface area contributed by atoms with Crippen molar-refractivity contribution < 1.29 is 24.0 Å². The number of aromatic carboxylic acids is 1. The molecule has 0 saturated heterocycles. The summed E-state index contributed by atoms with van der Waals surface area (Å²) in [6, 6.07) is 7.72. The lowest BCUT2D eigenvalue weighted by Crippen LogP contribution is -2.01. The summed E-state index contributed by atoms with van der Waals surface area (Å²) in [5.41, 5.74) is -0.599. The maximum atomic E-state index is 14.0.